The topological polar surface area (TPSA) is 16.4 Å². The molecular formula is C52H33NO. The summed E-state index contributed by atoms with van der Waals surface area (Å²) >= 11 is 0. The fraction of sp³-hybridized carbons (Fsp3) is 0. The maximum Gasteiger partial charge on any atom is 0.159 e. The Morgan fingerprint density at radius 1 is 0.296 bits per heavy atom. The van der Waals surface area contributed by atoms with Crippen molar-refractivity contribution < 1.29 is 4.42 Å². The van der Waals surface area contributed by atoms with E-state index in [1.807, 2.05) is 0 Å². The Balaban J connectivity index is 1.09. The minimum Gasteiger partial charge on any atom is -0.454 e. The van der Waals surface area contributed by atoms with Crippen LogP contribution < -0.4 is 4.90 Å². The third-order valence-corrected chi connectivity index (χ3v) is 11.0. The SMILES string of the molecule is c1ccc(-c2ccc3c(c2)oc2c(N(c4ccc(-c5ccc6ccc7ccccc7c6c5)cc4)c4ccc5ccc6ccccc6c5c4)cccc23)cc1. The Morgan fingerprint density at radius 2 is 0.815 bits per heavy atom. The van der Waals surface area contributed by atoms with Crippen LogP contribution in [-0.4, -0.2) is 0 Å². The van der Waals surface area contributed by atoms with E-state index < -0.39 is 0 Å². The normalized spacial score (nSPS) is 11.7. The van der Waals surface area contributed by atoms with Crippen LogP contribution in [0.5, 0.6) is 0 Å². The van der Waals surface area contributed by atoms with Crippen LogP contribution in [0.15, 0.2) is 205 Å². The van der Waals surface area contributed by atoms with Gasteiger partial charge in [0.2, 0.25) is 0 Å². The fourth-order valence-corrected chi connectivity index (χ4v) is 8.31. The van der Waals surface area contributed by atoms with Crippen LogP contribution in [-0.2, 0) is 0 Å². The second-order valence-corrected chi connectivity index (χ2v) is 14.1. The zero-order valence-corrected chi connectivity index (χ0v) is 29.4. The van der Waals surface area contributed by atoms with E-state index in [-0.39, 0.29) is 0 Å². The van der Waals surface area contributed by atoms with Gasteiger partial charge in [-0.2, -0.15) is 0 Å². The largest absolute Gasteiger partial charge is 0.454 e. The summed E-state index contributed by atoms with van der Waals surface area (Å²) < 4.78 is 6.85. The predicted octanol–water partition coefficient (Wildman–Crippen LogP) is 15.0. The first kappa shape index (κ1) is 30.5. The van der Waals surface area contributed by atoms with Crippen molar-refractivity contribution in [3.05, 3.63) is 200 Å². The third-order valence-electron chi connectivity index (χ3n) is 11.0. The van der Waals surface area contributed by atoms with Crippen LogP contribution in [0.25, 0.3) is 87.3 Å². The van der Waals surface area contributed by atoms with Gasteiger partial charge in [0.05, 0.1) is 5.69 Å². The number of hydrogen-bond donors (Lipinski definition) is 0. The molecule has 1 aromatic heterocycles. The summed E-state index contributed by atoms with van der Waals surface area (Å²) in [5.41, 5.74) is 9.54. The highest BCUT2D eigenvalue weighted by Crippen LogP contribution is 2.44. The number of fused-ring (bicyclic) bond motifs is 9. The van der Waals surface area contributed by atoms with Crippen molar-refractivity contribution in [1.82, 2.24) is 0 Å². The molecule has 0 bridgehead atoms. The Morgan fingerprint density at radius 3 is 1.56 bits per heavy atom. The van der Waals surface area contributed by atoms with E-state index in [1.54, 1.807) is 0 Å². The molecule has 0 spiro atoms. The van der Waals surface area contributed by atoms with Gasteiger partial charge in [0.25, 0.3) is 0 Å². The van der Waals surface area contributed by atoms with Gasteiger partial charge >= 0.3 is 0 Å². The summed E-state index contributed by atoms with van der Waals surface area (Å²) in [6, 6.07) is 72.3. The standard InChI is InChI=1S/C52H33NO/c1-2-9-34(10-3-1)41-26-30-46-47-15-8-16-50(52(47)54-51(46)32-41)53(43-29-25-39-20-18-37-12-5-7-14-45(37)49(39)33-43)42-27-23-35(24-28-42)40-22-21-38-19-17-36-11-4-6-13-44(36)48(38)31-40/h1-33H. The van der Waals surface area contributed by atoms with Crippen molar-refractivity contribution in [2.75, 3.05) is 4.90 Å². The Hall–Kier alpha value is -7.16. The van der Waals surface area contributed by atoms with Crippen LogP contribution in [0.4, 0.5) is 17.1 Å². The Labute approximate surface area is 312 Å². The van der Waals surface area contributed by atoms with Gasteiger partial charge in [0.1, 0.15) is 5.58 Å². The summed E-state index contributed by atoms with van der Waals surface area (Å²) in [6.07, 6.45) is 0. The Bertz CT molecular complexity index is 3210. The summed E-state index contributed by atoms with van der Waals surface area (Å²) in [5, 5.41) is 12.2. The molecule has 11 aromatic rings. The maximum absolute atomic E-state index is 6.85. The molecular weight excluding hydrogens is 655 g/mol. The fourth-order valence-electron chi connectivity index (χ4n) is 8.31. The van der Waals surface area contributed by atoms with Gasteiger partial charge in [-0.1, -0.05) is 152 Å². The van der Waals surface area contributed by atoms with E-state index in [2.05, 4.69) is 205 Å². The third kappa shape index (κ3) is 4.96. The second-order valence-electron chi connectivity index (χ2n) is 14.1. The zero-order chi connectivity index (χ0) is 35.6. The van der Waals surface area contributed by atoms with Crippen molar-refractivity contribution >= 4 is 82.1 Å². The number of nitrogens with zero attached hydrogens (tertiary/aromatic N) is 1. The quantitative estimate of drug-likeness (QED) is 0.168. The van der Waals surface area contributed by atoms with E-state index in [9.17, 15) is 0 Å². The molecule has 54 heavy (non-hydrogen) atoms. The molecule has 0 aliphatic rings. The molecule has 10 aromatic carbocycles. The summed E-state index contributed by atoms with van der Waals surface area (Å²) in [4.78, 5) is 2.35. The van der Waals surface area contributed by atoms with E-state index in [0.717, 1.165) is 44.6 Å². The lowest BCUT2D eigenvalue weighted by Crippen LogP contribution is -2.10. The van der Waals surface area contributed by atoms with Gasteiger partial charge in [-0.25, -0.2) is 0 Å². The Kier molecular flexibility index (Phi) is 6.90. The molecule has 2 nitrogen and oxygen atoms in total. The number of hydrogen-bond acceptors (Lipinski definition) is 2. The monoisotopic (exact) mass is 687 g/mol. The number of anilines is 3. The van der Waals surface area contributed by atoms with Gasteiger partial charge in [-0.05, 0) is 114 Å². The molecule has 2 heteroatoms. The van der Waals surface area contributed by atoms with Gasteiger partial charge in [0, 0.05) is 22.1 Å². The lowest BCUT2D eigenvalue weighted by atomic mass is 9.97. The molecule has 0 saturated carbocycles. The number of benzene rings is 10. The van der Waals surface area contributed by atoms with E-state index in [4.69, 9.17) is 4.42 Å². The summed E-state index contributed by atoms with van der Waals surface area (Å²) in [7, 11) is 0. The van der Waals surface area contributed by atoms with Crippen molar-refractivity contribution in [2.24, 2.45) is 0 Å². The summed E-state index contributed by atoms with van der Waals surface area (Å²) in [6.45, 7) is 0. The molecule has 0 unspecified atom stereocenters. The average Bonchev–Trinajstić information content (AvgIpc) is 3.63. The lowest BCUT2D eigenvalue weighted by Gasteiger charge is -2.26. The zero-order valence-electron chi connectivity index (χ0n) is 29.4. The summed E-state index contributed by atoms with van der Waals surface area (Å²) in [5.74, 6) is 0. The smallest absolute Gasteiger partial charge is 0.159 e. The molecule has 0 N–H and O–H groups in total. The van der Waals surface area contributed by atoms with Crippen LogP contribution in [0.3, 0.4) is 0 Å². The first-order valence-corrected chi connectivity index (χ1v) is 18.5. The number of rotatable bonds is 5. The van der Waals surface area contributed by atoms with Crippen LogP contribution in [0.1, 0.15) is 0 Å². The minimum atomic E-state index is 0.862. The maximum atomic E-state index is 6.85. The van der Waals surface area contributed by atoms with Crippen molar-refractivity contribution in [1.29, 1.82) is 0 Å². The van der Waals surface area contributed by atoms with Crippen molar-refractivity contribution in [2.45, 2.75) is 0 Å². The number of furan rings is 1. The van der Waals surface area contributed by atoms with Crippen molar-refractivity contribution in [3.63, 3.8) is 0 Å². The first-order chi connectivity index (χ1) is 26.7. The van der Waals surface area contributed by atoms with Gasteiger partial charge in [0.15, 0.2) is 5.58 Å². The lowest BCUT2D eigenvalue weighted by molar-refractivity contribution is 0.669. The van der Waals surface area contributed by atoms with Gasteiger partial charge in [-0.3, -0.25) is 0 Å². The van der Waals surface area contributed by atoms with E-state index >= 15 is 0 Å². The highest BCUT2D eigenvalue weighted by atomic mass is 16.3. The molecule has 0 amide bonds. The number of para-hydroxylation sites is 1. The molecule has 1 heterocycles. The molecule has 252 valence electrons. The molecule has 0 aliphatic carbocycles. The van der Waals surface area contributed by atoms with E-state index in [0.29, 0.717) is 0 Å². The van der Waals surface area contributed by atoms with Gasteiger partial charge < -0.3 is 9.32 Å². The molecule has 0 saturated heterocycles. The second kappa shape index (κ2) is 12.2. The minimum absolute atomic E-state index is 0.862. The molecule has 0 fully saturated rings. The van der Waals surface area contributed by atoms with Crippen LogP contribution >= 0.6 is 0 Å². The molecule has 11 rings (SSSR count). The van der Waals surface area contributed by atoms with Crippen LogP contribution in [0.2, 0.25) is 0 Å². The van der Waals surface area contributed by atoms with E-state index in [1.165, 1.54) is 59.8 Å². The molecule has 0 radical (unpaired) electrons. The van der Waals surface area contributed by atoms with Crippen LogP contribution in [0, 0.1) is 0 Å². The highest BCUT2D eigenvalue weighted by Gasteiger charge is 2.20. The highest BCUT2D eigenvalue weighted by molar-refractivity contribution is 6.13. The van der Waals surface area contributed by atoms with Crippen molar-refractivity contribution in [3.8, 4) is 22.3 Å². The molecule has 0 aliphatic heterocycles. The predicted molar refractivity (Wildman–Crippen MR) is 229 cm³/mol. The molecule has 0 atom stereocenters. The first-order valence-electron chi connectivity index (χ1n) is 18.5. The van der Waals surface area contributed by atoms with Gasteiger partial charge in [-0.15, -0.1) is 0 Å². The average molecular weight is 688 g/mol.